The molecule has 0 aromatic heterocycles. The van der Waals surface area contributed by atoms with Gasteiger partial charge in [0.25, 0.3) is 0 Å². The van der Waals surface area contributed by atoms with E-state index in [0.29, 0.717) is 13.0 Å². The van der Waals surface area contributed by atoms with Gasteiger partial charge in [-0.2, -0.15) is 0 Å². The summed E-state index contributed by atoms with van der Waals surface area (Å²) in [6, 6.07) is 5.75. The first-order chi connectivity index (χ1) is 6.08. The second kappa shape index (κ2) is 2.89. The number of nitrogens with one attached hydrogen (secondary N) is 1. The first-order valence-corrected chi connectivity index (χ1v) is 4.70. The lowest BCUT2D eigenvalue weighted by Gasteiger charge is -2.31. The van der Waals surface area contributed by atoms with Crippen molar-refractivity contribution in [3.05, 3.63) is 28.8 Å². The second-order valence-electron chi connectivity index (χ2n) is 3.80. The maximum absolute atomic E-state index is 9.81. The smallest absolute Gasteiger partial charge is 0.0832 e. The van der Waals surface area contributed by atoms with E-state index in [2.05, 4.69) is 5.32 Å². The SMILES string of the molecule is CC1(O)CNc2c(Cl)cccc2C1. The predicted molar refractivity (Wildman–Crippen MR) is 54.3 cm³/mol. The molecule has 0 saturated carbocycles. The summed E-state index contributed by atoms with van der Waals surface area (Å²) in [5, 5.41) is 13.7. The van der Waals surface area contributed by atoms with Gasteiger partial charge in [-0.1, -0.05) is 23.7 Å². The highest BCUT2D eigenvalue weighted by atomic mass is 35.5. The van der Waals surface area contributed by atoms with Crippen molar-refractivity contribution >= 4 is 17.3 Å². The zero-order valence-corrected chi connectivity index (χ0v) is 8.23. The lowest BCUT2D eigenvalue weighted by atomic mass is 9.92. The van der Waals surface area contributed by atoms with Gasteiger partial charge in [0.2, 0.25) is 0 Å². The Labute approximate surface area is 82.5 Å². The van der Waals surface area contributed by atoms with E-state index in [-0.39, 0.29) is 0 Å². The van der Waals surface area contributed by atoms with E-state index in [1.807, 2.05) is 25.1 Å². The van der Waals surface area contributed by atoms with Gasteiger partial charge >= 0.3 is 0 Å². The largest absolute Gasteiger partial charge is 0.388 e. The van der Waals surface area contributed by atoms with E-state index in [1.165, 1.54) is 0 Å². The molecule has 2 nitrogen and oxygen atoms in total. The van der Waals surface area contributed by atoms with Crippen molar-refractivity contribution in [1.82, 2.24) is 0 Å². The van der Waals surface area contributed by atoms with Gasteiger partial charge < -0.3 is 10.4 Å². The number of aliphatic hydroxyl groups is 1. The molecule has 1 aromatic rings. The van der Waals surface area contributed by atoms with Gasteiger partial charge in [0, 0.05) is 13.0 Å². The fourth-order valence-electron chi connectivity index (χ4n) is 1.67. The summed E-state index contributed by atoms with van der Waals surface area (Å²) in [5.74, 6) is 0. The molecule has 1 aliphatic rings. The van der Waals surface area contributed by atoms with Gasteiger partial charge in [-0.25, -0.2) is 0 Å². The number of hydrogen-bond acceptors (Lipinski definition) is 2. The number of anilines is 1. The highest BCUT2D eigenvalue weighted by molar-refractivity contribution is 6.33. The van der Waals surface area contributed by atoms with Crippen LogP contribution in [-0.2, 0) is 6.42 Å². The Morgan fingerprint density at radius 1 is 1.54 bits per heavy atom. The number of para-hydroxylation sites is 1. The van der Waals surface area contributed by atoms with Crippen molar-refractivity contribution in [2.45, 2.75) is 18.9 Å². The molecule has 2 N–H and O–H groups in total. The van der Waals surface area contributed by atoms with Crippen molar-refractivity contribution in [2.75, 3.05) is 11.9 Å². The molecule has 3 heteroatoms. The van der Waals surface area contributed by atoms with E-state index in [9.17, 15) is 5.11 Å². The van der Waals surface area contributed by atoms with Gasteiger partial charge in [0.05, 0.1) is 16.3 Å². The van der Waals surface area contributed by atoms with Crippen molar-refractivity contribution < 1.29 is 5.11 Å². The topological polar surface area (TPSA) is 32.3 Å². The number of rotatable bonds is 0. The first-order valence-electron chi connectivity index (χ1n) is 4.32. The van der Waals surface area contributed by atoms with Crippen LogP contribution in [0, 0.1) is 0 Å². The van der Waals surface area contributed by atoms with Crippen LogP contribution in [-0.4, -0.2) is 17.3 Å². The van der Waals surface area contributed by atoms with E-state index in [4.69, 9.17) is 11.6 Å². The quantitative estimate of drug-likeness (QED) is 0.668. The number of benzene rings is 1. The van der Waals surface area contributed by atoms with Crippen LogP contribution in [0.25, 0.3) is 0 Å². The third kappa shape index (κ3) is 1.64. The summed E-state index contributed by atoms with van der Waals surface area (Å²) in [5.41, 5.74) is 1.40. The summed E-state index contributed by atoms with van der Waals surface area (Å²) in [7, 11) is 0. The molecule has 0 amide bonds. The zero-order valence-electron chi connectivity index (χ0n) is 7.47. The van der Waals surface area contributed by atoms with Crippen LogP contribution in [0.1, 0.15) is 12.5 Å². The highest BCUT2D eigenvalue weighted by Crippen LogP contribution is 2.32. The Bertz CT molecular complexity index is 336. The minimum Gasteiger partial charge on any atom is -0.388 e. The summed E-state index contributed by atoms with van der Waals surface area (Å²) in [6.07, 6.45) is 0.663. The fraction of sp³-hybridized carbons (Fsp3) is 0.400. The van der Waals surface area contributed by atoms with Crippen LogP contribution in [0.5, 0.6) is 0 Å². The zero-order chi connectivity index (χ0) is 9.47. The maximum atomic E-state index is 9.81. The number of halogens is 1. The predicted octanol–water partition coefficient (Wildman–Crippen LogP) is 2.06. The first kappa shape index (κ1) is 8.85. The van der Waals surface area contributed by atoms with Crippen LogP contribution in [0.2, 0.25) is 5.02 Å². The van der Waals surface area contributed by atoms with Crippen molar-refractivity contribution in [1.29, 1.82) is 0 Å². The molecule has 70 valence electrons. The van der Waals surface area contributed by atoms with Gasteiger partial charge in [-0.05, 0) is 18.6 Å². The highest BCUT2D eigenvalue weighted by Gasteiger charge is 2.27. The Morgan fingerprint density at radius 2 is 2.31 bits per heavy atom. The summed E-state index contributed by atoms with van der Waals surface area (Å²) in [4.78, 5) is 0. The number of fused-ring (bicyclic) bond motifs is 1. The van der Waals surface area contributed by atoms with Gasteiger partial charge in [0.1, 0.15) is 0 Å². The average Bonchev–Trinajstić information content (AvgIpc) is 2.02. The van der Waals surface area contributed by atoms with Gasteiger partial charge in [-0.15, -0.1) is 0 Å². The molecular weight excluding hydrogens is 186 g/mol. The standard InChI is InChI=1S/C10H12ClNO/c1-10(13)5-7-3-2-4-8(11)9(7)12-6-10/h2-4,12-13H,5-6H2,1H3. The van der Waals surface area contributed by atoms with E-state index >= 15 is 0 Å². The summed E-state index contributed by atoms with van der Waals surface area (Å²) >= 11 is 5.99. The molecule has 0 bridgehead atoms. The molecule has 2 rings (SSSR count). The van der Waals surface area contributed by atoms with E-state index in [1.54, 1.807) is 0 Å². The maximum Gasteiger partial charge on any atom is 0.0832 e. The monoisotopic (exact) mass is 197 g/mol. The third-order valence-electron chi connectivity index (χ3n) is 2.32. The third-order valence-corrected chi connectivity index (χ3v) is 2.63. The van der Waals surface area contributed by atoms with E-state index < -0.39 is 5.60 Å². The second-order valence-corrected chi connectivity index (χ2v) is 4.21. The molecule has 1 heterocycles. The minimum atomic E-state index is -0.655. The molecule has 1 aromatic carbocycles. The van der Waals surface area contributed by atoms with Crippen LogP contribution >= 0.6 is 11.6 Å². The van der Waals surface area contributed by atoms with Crippen LogP contribution < -0.4 is 5.32 Å². The lowest BCUT2D eigenvalue weighted by molar-refractivity contribution is 0.0711. The van der Waals surface area contributed by atoms with Crippen molar-refractivity contribution in [2.24, 2.45) is 0 Å². The fourth-order valence-corrected chi connectivity index (χ4v) is 1.93. The lowest BCUT2D eigenvalue weighted by Crippen LogP contribution is -2.39. The Kier molecular flexibility index (Phi) is 1.97. The number of β-amino-alcohol motifs (C(OH)–C–C–N with tert-alkyl or cyclic N) is 1. The minimum absolute atomic E-state index is 0.559. The van der Waals surface area contributed by atoms with Crippen molar-refractivity contribution in [3.8, 4) is 0 Å². The molecule has 0 fully saturated rings. The Hall–Kier alpha value is -0.730. The van der Waals surface area contributed by atoms with Gasteiger partial charge in [-0.3, -0.25) is 0 Å². The Balaban J connectivity index is 2.42. The molecule has 0 aliphatic carbocycles. The van der Waals surface area contributed by atoms with Crippen molar-refractivity contribution in [3.63, 3.8) is 0 Å². The Morgan fingerprint density at radius 3 is 3.08 bits per heavy atom. The molecular formula is C10H12ClNO. The molecule has 1 aliphatic heterocycles. The van der Waals surface area contributed by atoms with Crippen LogP contribution in [0.4, 0.5) is 5.69 Å². The normalized spacial score (nSPS) is 26.4. The molecule has 13 heavy (non-hydrogen) atoms. The summed E-state index contributed by atoms with van der Waals surface area (Å²) in [6.45, 7) is 2.38. The van der Waals surface area contributed by atoms with Gasteiger partial charge in [0.15, 0.2) is 0 Å². The van der Waals surface area contributed by atoms with Crippen LogP contribution in [0.3, 0.4) is 0 Å². The average molecular weight is 198 g/mol. The molecule has 0 spiro atoms. The molecule has 1 unspecified atom stereocenters. The molecule has 1 atom stereocenters. The molecule has 0 saturated heterocycles. The number of hydrogen-bond donors (Lipinski definition) is 2. The summed E-state index contributed by atoms with van der Waals surface area (Å²) < 4.78 is 0. The van der Waals surface area contributed by atoms with Crippen LogP contribution in [0.15, 0.2) is 18.2 Å². The van der Waals surface area contributed by atoms with E-state index in [0.717, 1.165) is 16.3 Å². The molecule has 0 radical (unpaired) electrons.